The van der Waals surface area contributed by atoms with Crippen LogP contribution in [0.2, 0.25) is 0 Å². The minimum absolute atomic E-state index is 0.230. The molecule has 0 radical (unpaired) electrons. The van der Waals surface area contributed by atoms with Crippen molar-refractivity contribution in [3.63, 3.8) is 0 Å². The number of hydrogen-bond donors (Lipinski definition) is 1. The first-order valence-electron chi connectivity index (χ1n) is 6.51. The van der Waals surface area contributed by atoms with Crippen LogP contribution in [0.4, 0.5) is 4.39 Å². The zero-order valence-corrected chi connectivity index (χ0v) is 11.1. The third-order valence-electron chi connectivity index (χ3n) is 3.49. The Labute approximate surface area is 108 Å². The van der Waals surface area contributed by atoms with Gasteiger partial charge >= 0.3 is 0 Å². The number of piperazine rings is 1. The van der Waals surface area contributed by atoms with E-state index in [9.17, 15) is 4.39 Å². The third-order valence-corrected chi connectivity index (χ3v) is 3.49. The molecule has 0 saturated carbocycles. The van der Waals surface area contributed by atoms with Crippen LogP contribution < -0.4 is 10.1 Å². The number of benzene rings is 1. The van der Waals surface area contributed by atoms with Crippen molar-refractivity contribution in [1.82, 2.24) is 10.2 Å². The Kier molecular flexibility index (Phi) is 4.55. The van der Waals surface area contributed by atoms with Gasteiger partial charge in [0, 0.05) is 37.8 Å². The smallest absolute Gasteiger partial charge is 0.169 e. The van der Waals surface area contributed by atoms with Crippen molar-refractivity contribution in [2.24, 2.45) is 0 Å². The Balaban J connectivity index is 2.04. The molecule has 0 bridgehead atoms. The summed E-state index contributed by atoms with van der Waals surface area (Å²) in [5.41, 5.74) is 0.714. The van der Waals surface area contributed by atoms with E-state index in [1.54, 1.807) is 6.07 Å². The number of nitrogens with zero attached hydrogens (tertiary/aromatic N) is 1. The molecule has 1 unspecified atom stereocenters. The molecule has 1 heterocycles. The minimum Gasteiger partial charge on any atom is -0.494 e. The van der Waals surface area contributed by atoms with Crippen LogP contribution in [0.5, 0.6) is 5.75 Å². The van der Waals surface area contributed by atoms with E-state index in [2.05, 4.69) is 17.1 Å². The Morgan fingerprint density at radius 1 is 1.50 bits per heavy atom. The lowest BCUT2D eigenvalue weighted by Crippen LogP contribution is -2.49. The van der Waals surface area contributed by atoms with E-state index >= 15 is 0 Å². The van der Waals surface area contributed by atoms with E-state index in [4.69, 9.17) is 4.74 Å². The highest BCUT2D eigenvalue weighted by molar-refractivity contribution is 5.31. The van der Waals surface area contributed by atoms with Gasteiger partial charge in [-0.3, -0.25) is 4.90 Å². The Morgan fingerprint density at radius 2 is 2.33 bits per heavy atom. The SMILES string of the molecule is CCC1CN(Cc2cccc(OC)c2F)CCN1. The van der Waals surface area contributed by atoms with Crippen molar-refractivity contribution in [1.29, 1.82) is 0 Å². The van der Waals surface area contributed by atoms with E-state index in [-0.39, 0.29) is 5.82 Å². The van der Waals surface area contributed by atoms with Crippen molar-refractivity contribution < 1.29 is 9.13 Å². The van der Waals surface area contributed by atoms with E-state index < -0.39 is 0 Å². The maximum Gasteiger partial charge on any atom is 0.169 e. The zero-order chi connectivity index (χ0) is 13.0. The normalized spacial score (nSPS) is 20.9. The van der Waals surface area contributed by atoms with Crippen LogP contribution in [-0.2, 0) is 6.54 Å². The van der Waals surface area contributed by atoms with Gasteiger partial charge in [0.05, 0.1) is 7.11 Å². The molecule has 1 saturated heterocycles. The summed E-state index contributed by atoms with van der Waals surface area (Å²) < 4.78 is 19.1. The Morgan fingerprint density at radius 3 is 3.06 bits per heavy atom. The summed E-state index contributed by atoms with van der Waals surface area (Å²) >= 11 is 0. The van der Waals surface area contributed by atoms with Gasteiger partial charge in [0.1, 0.15) is 0 Å². The zero-order valence-electron chi connectivity index (χ0n) is 11.1. The maximum absolute atomic E-state index is 14.0. The predicted octanol–water partition coefficient (Wildman–Crippen LogP) is 2.02. The van der Waals surface area contributed by atoms with Crippen molar-refractivity contribution in [3.05, 3.63) is 29.6 Å². The van der Waals surface area contributed by atoms with Gasteiger partial charge in [0.2, 0.25) is 0 Å². The van der Waals surface area contributed by atoms with Gasteiger partial charge in [0.15, 0.2) is 11.6 Å². The summed E-state index contributed by atoms with van der Waals surface area (Å²) in [5.74, 6) is 0.0984. The summed E-state index contributed by atoms with van der Waals surface area (Å²) in [4.78, 5) is 2.29. The second-order valence-electron chi connectivity index (χ2n) is 4.73. The Hall–Kier alpha value is -1.13. The van der Waals surface area contributed by atoms with Crippen LogP contribution in [0.25, 0.3) is 0 Å². The molecule has 100 valence electrons. The summed E-state index contributed by atoms with van der Waals surface area (Å²) in [7, 11) is 1.50. The fourth-order valence-corrected chi connectivity index (χ4v) is 2.39. The number of ether oxygens (including phenoxy) is 1. The van der Waals surface area contributed by atoms with Crippen molar-refractivity contribution >= 4 is 0 Å². The van der Waals surface area contributed by atoms with Gasteiger partial charge < -0.3 is 10.1 Å². The van der Waals surface area contributed by atoms with Gasteiger partial charge in [-0.05, 0) is 12.5 Å². The van der Waals surface area contributed by atoms with Gasteiger partial charge in [0.25, 0.3) is 0 Å². The molecule has 0 aliphatic carbocycles. The molecule has 1 aromatic carbocycles. The van der Waals surface area contributed by atoms with E-state index in [1.807, 2.05) is 12.1 Å². The highest BCUT2D eigenvalue weighted by Gasteiger charge is 2.19. The second-order valence-corrected chi connectivity index (χ2v) is 4.73. The molecule has 3 nitrogen and oxygen atoms in total. The highest BCUT2D eigenvalue weighted by Crippen LogP contribution is 2.21. The number of nitrogens with one attached hydrogen (secondary N) is 1. The number of rotatable bonds is 4. The van der Waals surface area contributed by atoms with E-state index in [0.717, 1.165) is 26.1 Å². The van der Waals surface area contributed by atoms with Crippen LogP contribution in [0.1, 0.15) is 18.9 Å². The molecule has 18 heavy (non-hydrogen) atoms. The van der Waals surface area contributed by atoms with Crippen molar-refractivity contribution in [2.45, 2.75) is 25.9 Å². The first kappa shape index (κ1) is 13.3. The first-order chi connectivity index (χ1) is 8.74. The fourth-order valence-electron chi connectivity index (χ4n) is 2.39. The molecule has 1 fully saturated rings. The molecule has 1 N–H and O–H groups in total. The van der Waals surface area contributed by atoms with Gasteiger partial charge in [-0.1, -0.05) is 19.1 Å². The molecule has 0 amide bonds. The van der Waals surface area contributed by atoms with Gasteiger partial charge in [-0.25, -0.2) is 4.39 Å². The summed E-state index contributed by atoms with van der Waals surface area (Å²) in [6.07, 6.45) is 1.11. The average Bonchev–Trinajstić information content (AvgIpc) is 2.41. The largest absolute Gasteiger partial charge is 0.494 e. The monoisotopic (exact) mass is 252 g/mol. The summed E-state index contributed by atoms with van der Waals surface area (Å²) in [6, 6.07) is 5.86. The lowest BCUT2D eigenvalue weighted by Gasteiger charge is -2.33. The quantitative estimate of drug-likeness (QED) is 0.887. The number of halogens is 1. The summed E-state index contributed by atoms with van der Waals surface area (Å²) in [5, 5.41) is 3.46. The lowest BCUT2D eigenvalue weighted by molar-refractivity contribution is 0.187. The van der Waals surface area contributed by atoms with Crippen molar-refractivity contribution in [3.8, 4) is 5.75 Å². The van der Waals surface area contributed by atoms with Crippen LogP contribution >= 0.6 is 0 Å². The molecule has 1 aliphatic heterocycles. The lowest BCUT2D eigenvalue weighted by atomic mass is 10.1. The average molecular weight is 252 g/mol. The van der Waals surface area contributed by atoms with Crippen LogP contribution in [0.3, 0.4) is 0 Å². The van der Waals surface area contributed by atoms with Gasteiger partial charge in [-0.15, -0.1) is 0 Å². The highest BCUT2D eigenvalue weighted by atomic mass is 19.1. The number of hydrogen-bond acceptors (Lipinski definition) is 3. The Bertz CT molecular complexity index is 397. The third kappa shape index (κ3) is 3.00. The maximum atomic E-state index is 14.0. The predicted molar refractivity (Wildman–Crippen MR) is 70.3 cm³/mol. The van der Waals surface area contributed by atoms with Crippen LogP contribution in [0, 0.1) is 5.82 Å². The molecule has 0 aromatic heterocycles. The molecule has 1 aromatic rings. The molecule has 0 spiro atoms. The van der Waals surface area contributed by atoms with Gasteiger partial charge in [-0.2, -0.15) is 0 Å². The van der Waals surface area contributed by atoms with E-state index in [1.165, 1.54) is 7.11 Å². The fraction of sp³-hybridized carbons (Fsp3) is 0.571. The minimum atomic E-state index is -0.230. The van der Waals surface area contributed by atoms with Crippen LogP contribution in [0.15, 0.2) is 18.2 Å². The molecule has 2 rings (SSSR count). The van der Waals surface area contributed by atoms with Crippen molar-refractivity contribution in [2.75, 3.05) is 26.7 Å². The first-order valence-corrected chi connectivity index (χ1v) is 6.51. The summed E-state index contributed by atoms with van der Waals surface area (Å²) in [6.45, 7) is 5.75. The molecular weight excluding hydrogens is 231 g/mol. The standard InChI is InChI=1S/C14H21FN2O/c1-3-12-10-17(8-7-16-12)9-11-5-4-6-13(18-2)14(11)15/h4-6,12,16H,3,7-10H2,1-2H3. The molecular formula is C14H21FN2O. The molecule has 1 atom stereocenters. The number of methoxy groups -OCH3 is 1. The molecule has 4 heteroatoms. The topological polar surface area (TPSA) is 24.5 Å². The second kappa shape index (κ2) is 6.16. The van der Waals surface area contributed by atoms with E-state index in [0.29, 0.717) is 23.9 Å². The van der Waals surface area contributed by atoms with Crippen LogP contribution in [-0.4, -0.2) is 37.7 Å². The molecule has 1 aliphatic rings.